The molecule has 180 valence electrons. The number of carbonyl (C=O) groups is 3. The third-order valence-corrected chi connectivity index (χ3v) is 3.98. The van der Waals surface area contributed by atoms with Gasteiger partial charge in [-0.2, -0.15) is 0 Å². The highest BCUT2D eigenvalue weighted by molar-refractivity contribution is 5.96. The lowest BCUT2D eigenvalue weighted by Crippen LogP contribution is -2.46. The van der Waals surface area contributed by atoms with E-state index in [1.54, 1.807) is 53.7 Å². The highest BCUT2D eigenvalue weighted by atomic mass is 16.6. The van der Waals surface area contributed by atoms with Crippen molar-refractivity contribution in [3.63, 3.8) is 0 Å². The largest absolute Gasteiger partial charge is 0.444 e. The minimum absolute atomic E-state index is 0.292. The van der Waals surface area contributed by atoms with Gasteiger partial charge in [-0.25, -0.2) is 14.6 Å². The Morgan fingerprint density at radius 3 is 2.16 bits per heavy atom. The number of nitrogen functional groups attached to an aromatic ring is 1. The van der Waals surface area contributed by atoms with Crippen molar-refractivity contribution >= 4 is 29.7 Å². The molecule has 1 heterocycles. The first-order valence-corrected chi connectivity index (χ1v) is 10.7. The lowest BCUT2D eigenvalue weighted by molar-refractivity contribution is -0.118. The third kappa shape index (κ3) is 11.4. The zero-order valence-electron chi connectivity index (χ0n) is 20.1. The van der Waals surface area contributed by atoms with E-state index in [4.69, 9.17) is 15.2 Å². The third-order valence-electron chi connectivity index (χ3n) is 3.98. The second kappa shape index (κ2) is 11.5. The van der Waals surface area contributed by atoms with E-state index in [1.807, 2.05) is 6.92 Å². The van der Waals surface area contributed by atoms with Gasteiger partial charge in [0.2, 0.25) is 5.91 Å². The van der Waals surface area contributed by atoms with Gasteiger partial charge in [-0.3, -0.25) is 4.79 Å². The van der Waals surface area contributed by atoms with E-state index in [0.717, 1.165) is 5.56 Å². The molecule has 0 aliphatic rings. The van der Waals surface area contributed by atoms with Crippen LogP contribution in [-0.2, 0) is 14.3 Å². The van der Waals surface area contributed by atoms with Crippen LogP contribution in [-0.4, -0.2) is 46.9 Å². The quantitative estimate of drug-likeness (QED) is 0.443. The van der Waals surface area contributed by atoms with Crippen LogP contribution in [0.25, 0.3) is 0 Å². The van der Waals surface area contributed by atoms with Gasteiger partial charge in [0.25, 0.3) is 0 Å². The van der Waals surface area contributed by atoms with Gasteiger partial charge in [0, 0.05) is 6.54 Å². The molecule has 0 aromatic carbocycles. The van der Waals surface area contributed by atoms with E-state index in [9.17, 15) is 14.4 Å². The van der Waals surface area contributed by atoms with Crippen LogP contribution in [0.1, 0.15) is 66.4 Å². The number of pyridine rings is 1. The van der Waals surface area contributed by atoms with Crippen molar-refractivity contribution in [2.75, 3.05) is 17.6 Å². The summed E-state index contributed by atoms with van der Waals surface area (Å²) in [7, 11) is 0. The van der Waals surface area contributed by atoms with Crippen LogP contribution in [0.15, 0.2) is 12.1 Å². The van der Waals surface area contributed by atoms with Gasteiger partial charge in [-0.05, 0) is 79.4 Å². The molecule has 1 aromatic heterocycles. The van der Waals surface area contributed by atoms with Gasteiger partial charge in [-0.1, -0.05) is 6.07 Å². The summed E-state index contributed by atoms with van der Waals surface area (Å²) < 4.78 is 10.5. The predicted molar refractivity (Wildman–Crippen MR) is 123 cm³/mol. The van der Waals surface area contributed by atoms with Crippen LogP contribution in [0.4, 0.5) is 21.2 Å². The normalized spacial score (nSPS) is 12.5. The molecular formula is C22H37N5O5. The maximum atomic E-state index is 12.8. The van der Waals surface area contributed by atoms with E-state index < -0.39 is 35.3 Å². The summed E-state index contributed by atoms with van der Waals surface area (Å²) in [4.78, 5) is 40.8. The van der Waals surface area contributed by atoms with Crippen molar-refractivity contribution in [2.24, 2.45) is 0 Å². The van der Waals surface area contributed by atoms with Crippen molar-refractivity contribution in [2.45, 2.75) is 85.0 Å². The van der Waals surface area contributed by atoms with Gasteiger partial charge in [-0.15, -0.1) is 0 Å². The van der Waals surface area contributed by atoms with E-state index >= 15 is 0 Å². The molecule has 1 aromatic rings. The van der Waals surface area contributed by atoms with E-state index in [0.29, 0.717) is 37.4 Å². The fourth-order valence-electron chi connectivity index (χ4n) is 2.52. The van der Waals surface area contributed by atoms with Crippen molar-refractivity contribution in [1.29, 1.82) is 0 Å². The number of anilines is 2. The lowest BCUT2D eigenvalue weighted by atomic mass is 10.1. The number of unbranched alkanes of at least 4 members (excludes halogenated alkanes) is 1. The smallest absolute Gasteiger partial charge is 0.408 e. The number of amides is 3. The molecule has 0 unspecified atom stereocenters. The molecule has 0 saturated carbocycles. The van der Waals surface area contributed by atoms with Crippen molar-refractivity contribution in [3.8, 4) is 0 Å². The molecule has 0 fully saturated rings. The van der Waals surface area contributed by atoms with Gasteiger partial charge in [0.05, 0.1) is 0 Å². The number of nitrogens with zero attached hydrogens (tertiary/aromatic N) is 1. The van der Waals surface area contributed by atoms with Gasteiger partial charge < -0.3 is 31.2 Å². The highest BCUT2D eigenvalue weighted by Gasteiger charge is 2.24. The van der Waals surface area contributed by atoms with Crippen LogP contribution in [0.5, 0.6) is 0 Å². The summed E-state index contributed by atoms with van der Waals surface area (Å²) in [5.41, 5.74) is 5.33. The van der Waals surface area contributed by atoms with Crippen LogP contribution in [0, 0.1) is 6.92 Å². The summed E-state index contributed by atoms with van der Waals surface area (Å²) in [6.45, 7) is 12.8. The van der Waals surface area contributed by atoms with Crippen molar-refractivity contribution in [3.05, 3.63) is 17.7 Å². The second-order valence-electron chi connectivity index (χ2n) is 9.51. The number of carbonyl (C=O) groups excluding carboxylic acids is 3. The van der Waals surface area contributed by atoms with Crippen molar-refractivity contribution in [1.82, 2.24) is 15.6 Å². The fraction of sp³-hybridized carbons (Fsp3) is 0.636. The first-order valence-electron chi connectivity index (χ1n) is 10.7. The molecule has 0 aliphatic carbocycles. The molecule has 0 bridgehead atoms. The number of hydrogen-bond donors (Lipinski definition) is 4. The molecule has 1 atom stereocenters. The monoisotopic (exact) mass is 451 g/mol. The summed E-state index contributed by atoms with van der Waals surface area (Å²) in [6, 6.07) is 2.53. The average Bonchev–Trinajstić information content (AvgIpc) is 2.60. The number of alkyl carbamates (subject to hydrolysis) is 2. The van der Waals surface area contributed by atoms with E-state index in [1.165, 1.54) is 0 Å². The number of aryl methyl sites for hydroxylation is 1. The molecule has 0 spiro atoms. The van der Waals surface area contributed by atoms with E-state index in [2.05, 4.69) is 20.9 Å². The van der Waals surface area contributed by atoms with E-state index in [-0.39, 0.29) is 0 Å². The second-order valence-corrected chi connectivity index (χ2v) is 9.51. The molecule has 5 N–H and O–H groups in total. The number of hydrogen-bond acceptors (Lipinski definition) is 7. The van der Waals surface area contributed by atoms with Gasteiger partial charge in [0.15, 0.2) is 0 Å². The fourth-order valence-corrected chi connectivity index (χ4v) is 2.52. The van der Waals surface area contributed by atoms with Crippen LogP contribution in [0.2, 0.25) is 0 Å². The SMILES string of the molecule is Cc1ccc(NC(=O)[C@H](CCCCNC(=O)OC(C)(C)C)NC(=O)OC(C)(C)C)nc1N. The number of ether oxygens (including phenoxy) is 2. The Balaban J connectivity index is 2.67. The lowest BCUT2D eigenvalue weighted by Gasteiger charge is -2.23. The molecule has 10 nitrogen and oxygen atoms in total. The maximum Gasteiger partial charge on any atom is 0.408 e. The number of aromatic nitrogens is 1. The number of nitrogens with two attached hydrogens (primary N) is 1. The Labute approximate surface area is 190 Å². The minimum atomic E-state index is -0.851. The Morgan fingerprint density at radius 2 is 1.59 bits per heavy atom. The van der Waals surface area contributed by atoms with Crippen LogP contribution in [0.3, 0.4) is 0 Å². The number of rotatable bonds is 8. The Kier molecular flexibility index (Phi) is 9.74. The highest BCUT2D eigenvalue weighted by Crippen LogP contribution is 2.14. The summed E-state index contributed by atoms with van der Waals surface area (Å²) in [6.07, 6.45) is 0.298. The molecule has 10 heteroatoms. The van der Waals surface area contributed by atoms with Gasteiger partial charge >= 0.3 is 12.2 Å². The summed E-state index contributed by atoms with van der Waals surface area (Å²) in [5.74, 6) is 0.167. The Morgan fingerprint density at radius 1 is 1.00 bits per heavy atom. The molecule has 1 rings (SSSR count). The minimum Gasteiger partial charge on any atom is -0.444 e. The Hall–Kier alpha value is -3.04. The zero-order valence-corrected chi connectivity index (χ0v) is 20.1. The maximum absolute atomic E-state index is 12.8. The molecular weight excluding hydrogens is 414 g/mol. The average molecular weight is 452 g/mol. The van der Waals surface area contributed by atoms with Gasteiger partial charge in [0.1, 0.15) is 28.9 Å². The molecule has 3 amide bonds. The standard InChI is InChI=1S/C22H37N5O5/c1-14-11-12-16(26-17(14)23)27-18(28)15(25-20(30)32-22(5,6)7)10-8-9-13-24-19(29)31-21(2,3)4/h11-12,15H,8-10,13H2,1-7H3,(H,24,29)(H,25,30)(H3,23,26,27,28)/t15-/m0/s1. The first-order chi connectivity index (χ1) is 14.7. The Bertz CT molecular complexity index is 799. The topological polar surface area (TPSA) is 145 Å². The molecule has 32 heavy (non-hydrogen) atoms. The molecule has 0 aliphatic heterocycles. The number of nitrogens with one attached hydrogen (secondary N) is 3. The van der Waals surface area contributed by atoms with Crippen molar-refractivity contribution < 1.29 is 23.9 Å². The van der Waals surface area contributed by atoms with Crippen LogP contribution >= 0.6 is 0 Å². The molecule has 0 saturated heterocycles. The first kappa shape index (κ1) is 27.0. The predicted octanol–water partition coefficient (Wildman–Crippen LogP) is 3.50. The summed E-state index contributed by atoms with van der Waals surface area (Å²) in [5, 5.41) is 7.95. The summed E-state index contributed by atoms with van der Waals surface area (Å²) >= 11 is 0. The zero-order chi connectivity index (χ0) is 24.5. The van der Waals surface area contributed by atoms with Crippen LogP contribution < -0.4 is 21.7 Å². The molecule has 0 radical (unpaired) electrons.